The first-order valence-corrected chi connectivity index (χ1v) is 7.08. The largest absolute Gasteiger partial charge is 0.496 e. The summed E-state index contributed by atoms with van der Waals surface area (Å²) in [5.74, 6) is 0.694. The summed E-state index contributed by atoms with van der Waals surface area (Å²) >= 11 is 14.8. The normalized spacial score (nSPS) is 10.1. The van der Waals surface area contributed by atoms with E-state index in [1.807, 2.05) is 24.3 Å². The lowest BCUT2D eigenvalue weighted by molar-refractivity contribution is 0.414. The summed E-state index contributed by atoms with van der Waals surface area (Å²) in [4.78, 5) is 0.571. The van der Waals surface area contributed by atoms with Crippen molar-refractivity contribution in [3.63, 3.8) is 0 Å². The molecule has 0 bridgehead atoms. The Bertz CT molecular complexity index is 601. The zero-order valence-corrected chi connectivity index (χ0v) is 13.3. The van der Waals surface area contributed by atoms with Crippen molar-refractivity contribution in [3.8, 4) is 5.75 Å². The average Bonchev–Trinajstić information content (AvgIpc) is 2.41. The molecule has 0 amide bonds. The summed E-state index contributed by atoms with van der Waals surface area (Å²) in [6, 6.07) is 13.1. The number of methoxy groups -OCH3 is 1. The topological polar surface area (TPSA) is 21.3 Å². The van der Waals surface area contributed by atoms with Gasteiger partial charge < -0.3 is 10.1 Å². The quantitative estimate of drug-likeness (QED) is 0.790. The van der Waals surface area contributed by atoms with Gasteiger partial charge in [0.05, 0.1) is 12.7 Å². The van der Waals surface area contributed by atoms with Crippen LogP contribution in [0.2, 0.25) is 5.02 Å². The fourth-order valence-electron chi connectivity index (χ4n) is 1.59. The Kier molecular flexibility index (Phi) is 4.80. The van der Waals surface area contributed by atoms with Gasteiger partial charge in [0.2, 0.25) is 0 Å². The van der Waals surface area contributed by atoms with Crippen LogP contribution in [-0.4, -0.2) is 12.1 Å². The summed E-state index contributed by atoms with van der Waals surface area (Å²) in [6.07, 6.45) is 0. The molecule has 0 fully saturated rings. The second kappa shape index (κ2) is 6.37. The number of hydrogen-bond donors (Lipinski definition) is 1. The minimum atomic E-state index is 0.571. The number of thiocarbonyl (C=S) groups is 1. The molecule has 0 saturated heterocycles. The van der Waals surface area contributed by atoms with Crippen LogP contribution in [0.1, 0.15) is 5.56 Å². The molecule has 0 aromatic heterocycles. The summed E-state index contributed by atoms with van der Waals surface area (Å²) in [5.41, 5.74) is 1.68. The van der Waals surface area contributed by atoms with Crippen LogP contribution in [0, 0.1) is 0 Å². The first-order valence-electron chi connectivity index (χ1n) is 5.50. The van der Waals surface area contributed by atoms with E-state index < -0.39 is 0 Å². The van der Waals surface area contributed by atoms with Crippen LogP contribution in [0.25, 0.3) is 0 Å². The molecule has 0 unspecified atom stereocenters. The van der Waals surface area contributed by atoms with Crippen LogP contribution in [0.5, 0.6) is 5.75 Å². The fraction of sp³-hybridized carbons (Fsp3) is 0.0714. The number of nitrogens with one attached hydrogen (secondary N) is 1. The number of hydrogen-bond acceptors (Lipinski definition) is 2. The molecule has 1 N–H and O–H groups in total. The van der Waals surface area contributed by atoms with Gasteiger partial charge in [-0.1, -0.05) is 39.7 Å². The van der Waals surface area contributed by atoms with Crippen LogP contribution in [0.3, 0.4) is 0 Å². The summed E-state index contributed by atoms with van der Waals surface area (Å²) in [7, 11) is 1.61. The second-order valence-electron chi connectivity index (χ2n) is 3.81. The summed E-state index contributed by atoms with van der Waals surface area (Å²) < 4.78 is 6.30. The maximum Gasteiger partial charge on any atom is 0.129 e. The van der Waals surface area contributed by atoms with Crippen molar-refractivity contribution < 1.29 is 4.74 Å². The van der Waals surface area contributed by atoms with Gasteiger partial charge in [-0.15, -0.1) is 0 Å². The molecule has 19 heavy (non-hydrogen) atoms. The lowest BCUT2D eigenvalue weighted by Gasteiger charge is -2.12. The van der Waals surface area contributed by atoms with E-state index in [0.29, 0.717) is 15.8 Å². The lowest BCUT2D eigenvalue weighted by atomic mass is 10.2. The third-order valence-electron chi connectivity index (χ3n) is 2.51. The van der Waals surface area contributed by atoms with Gasteiger partial charge in [-0.05, 0) is 42.5 Å². The Morgan fingerprint density at radius 3 is 2.53 bits per heavy atom. The van der Waals surface area contributed by atoms with Gasteiger partial charge in [-0.25, -0.2) is 0 Å². The minimum absolute atomic E-state index is 0.571. The zero-order valence-electron chi connectivity index (χ0n) is 10.1. The van der Waals surface area contributed by atoms with Gasteiger partial charge >= 0.3 is 0 Å². The van der Waals surface area contributed by atoms with E-state index in [1.165, 1.54) is 0 Å². The van der Waals surface area contributed by atoms with Crippen molar-refractivity contribution in [2.24, 2.45) is 0 Å². The van der Waals surface area contributed by atoms with E-state index in [2.05, 4.69) is 21.2 Å². The molecule has 2 rings (SSSR count). The molecular formula is C14H11BrClNOS. The Labute approximate surface area is 130 Å². The maximum atomic E-state index is 5.99. The molecule has 5 heteroatoms. The van der Waals surface area contributed by atoms with Crippen molar-refractivity contribution in [1.82, 2.24) is 0 Å². The fourth-order valence-corrected chi connectivity index (χ4v) is 2.30. The number of ether oxygens (including phenoxy) is 1. The van der Waals surface area contributed by atoms with Gasteiger partial charge in [-0.2, -0.15) is 0 Å². The van der Waals surface area contributed by atoms with Gasteiger partial charge in [0.25, 0.3) is 0 Å². The SMILES string of the molecule is COc1ccc(Cl)cc1C(=S)Nc1ccc(Br)cc1. The first kappa shape index (κ1) is 14.3. The number of benzene rings is 2. The molecule has 0 heterocycles. The van der Waals surface area contributed by atoms with E-state index in [1.54, 1.807) is 25.3 Å². The van der Waals surface area contributed by atoms with Crippen molar-refractivity contribution in [2.45, 2.75) is 0 Å². The van der Waals surface area contributed by atoms with Crippen LogP contribution in [-0.2, 0) is 0 Å². The highest BCUT2D eigenvalue weighted by Gasteiger charge is 2.09. The molecule has 0 radical (unpaired) electrons. The van der Waals surface area contributed by atoms with E-state index in [-0.39, 0.29) is 0 Å². The number of halogens is 2. The molecule has 2 nitrogen and oxygen atoms in total. The van der Waals surface area contributed by atoms with Gasteiger partial charge in [0.15, 0.2) is 0 Å². The van der Waals surface area contributed by atoms with Gasteiger partial charge in [0.1, 0.15) is 10.7 Å². The second-order valence-corrected chi connectivity index (χ2v) is 5.57. The smallest absolute Gasteiger partial charge is 0.129 e. The van der Waals surface area contributed by atoms with Crippen LogP contribution < -0.4 is 10.1 Å². The number of anilines is 1. The van der Waals surface area contributed by atoms with Crippen molar-refractivity contribution in [3.05, 3.63) is 57.5 Å². The van der Waals surface area contributed by atoms with Gasteiger partial charge in [0, 0.05) is 15.2 Å². The predicted octanol–water partition coefficient (Wildman–Crippen LogP) is 4.90. The van der Waals surface area contributed by atoms with Crippen molar-refractivity contribution >= 4 is 50.4 Å². The Balaban J connectivity index is 2.24. The van der Waals surface area contributed by atoms with Crippen LogP contribution in [0.4, 0.5) is 5.69 Å². The lowest BCUT2D eigenvalue weighted by Crippen LogP contribution is -2.11. The Morgan fingerprint density at radius 1 is 1.21 bits per heavy atom. The summed E-state index contributed by atoms with van der Waals surface area (Å²) in [5, 5.41) is 3.78. The highest BCUT2D eigenvalue weighted by atomic mass is 79.9. The third kappa shape index (κ3) is 3.69. The molecule has 0 atom stereocenters. The molecule has 0 spiro atoms. The van der Waals surface area contributed by atoms with Crippen LogP contribution >= 0.6 is 39.7 Å². The van der Waals surface area contributed by atoms with E-state index in [9.17, 15) is 0 Å². The van der Waals surface area contributed by atoms with Crippen LogP contribution in [0.15, 0.2) is 46.9 Å². The molecule has 0 aliphatic rings. The maximum absolute atomic E-state index is 5.99. The Morgan fingerprint density at radius 2 is 1.89 bits per heavy atom. The molecule has 0 aliphatic heterocycles. The van der Waals surface area contributed by atoms with E-state index in [0.717, 1.165) is 15.7 Å². The minimum Gasteiger partial charge on any atom is -0.496 e. The molecule has 2 aromatic carbocycles. The predicted molar refractivity (Wildman–Crippen MR) is 87.5 cm³/mol. The monoisotopic (exact) mass is 355 g/mol. The van der Waals surface area contributed by atoms with Gasteiger partial charge in [-0.3, -0.25) is 0 Å². The molecular weight excluding hydrogens is 346 g/mol. The molecule has 2 aromatic rings. The molecule has 98 valence electrons. The number of rotatable bonds is 3. The zero-order chi connectivity index (χ0) is 13.8. The van der Waals surface area contributed by atoms with Crippen molar-refractivity contribution in [1.29, 1.82) is 0 Å². The summed E-state index contributed by atoms with van der Waals surface area (Å²) in [6.45, 7) is 0. The third-order valence-corrected chi connectivity index (χ3v) is 3.59. The Hall–Kier alpha value is -1.10. The average molecular weight is 357 g/mol. The standard InChI is InChI=1S/C14H11BrClNOS/c1-18-13-7-4-10(16)8-12(13)14(19)17-11-5-2-9(15)3-6-11/h2-8H,1H3,(H,17,19). The highest BCUT2D eigenvalue weighted by Crippen LogP contribution is 2.24. The molecule has 0 aliphatic carbocycles. The molecule has 0 saturated carbocycles. The van der Waals surface area contributed by atoms with E-state index in [4.69, 9.17) is 28.6 Å². The first-order chi connectivity index (χ1) is 9.10. The highest BCUT2D eigenvalue weighted by molar-refractivity contribution is 9.10. The van der Waals surface area contributed by atoms with E-state index >= 15 is 0 Å². The van der Waals surface area contributed by atoms with Crippen molar-refractivity contribution in [2.75, 3.05) is 12.4 Å².